The number of hydrogen-bond acceptors (Lipinski definition) is 4. The molecule has 0 bridgehead atoms. The lowest BCUT2D eigenvalue weighted by atomic mass is 10.1. The zero-order chi connectivity index (χ0) is 19.1. The number of hydrogen-bond donors (Lipinski definition) is 1. The molecule has 0 saturated heterocycles. The van der Waals surface area contributed by atoms with Crippen LogP contribution in [0, 0.1) is 10.1 Å². The van der Waals surface area contributed by atoms with Gasteiger partial charge in [0.15, 0.2) is 5.75 Å². The molecule has 5 heteroatoms. The van der Waals surface area contributed by atoms with Crippen molar-refractivity contribution >= 4 is 5.69 Å². The summed E-state index contributed by atoms with van der Waals surface area (Å²) in [7, 11) is 0. The van der Waals surface area contributed by atoms with Crippen molar-refractivity contribution in [1.82, 2.24) is 4.90 Å². The molecule has 27 heavy (non-hydrogen) atoms. The molecule has 3 aromatic rings. The van der Waals surface area contributed by atoms with Crippen molar-refractivity contribution in [2.45, 2.75) is 19.5 Å². The summed E-state index contributed by atoms with van der Waals surface area (Å²) in [6.07, 6.45) is 0.667. The quantitative estimate of drug-likeness (QED) is 0.472. The molecule has 0 fully saturated rings. The molecule has 0 aromatic heterocycles. The van der Waals surface area contributed by atoms with Gasteiger partial charge in [-0.1, -0.05) is 66.7 Å². The molecule has 0 unspecified atom stereocenters. The second-order valence-electron chi connectivity index (χ2n) is 6.51. The van der Waals surface area contributed by atoms with E-state index in [1.54, 1.807) is 6.07 Å². The molecule has 0 saturated carbocycles. The van der Waals surface area contributed by atoms with Gasteiger partial charge in [0, 0.05) is 25.7 Å². The van der Waals surface area contributed by atoms with Gasteiger partial charge >= 0.3 is 5.69 Å². The van der Waals surface area contributed by atoms with Crippen LogP contribution in [0.1, 0.15) is 16.7 Å². The standard InChI is InChI=1S/C22H22N2O3/c25-22-12-11-18(15-21(22)24(26)27)13-14-23(16-19-7-3-1-4-8-19)17-20-9-5-2-6-10-20/h1-12,15,25H,13-14,16-17H2. The lowest BCUT2D eigenvalue weighted by Crippen LogP contribution is -2.25. The predicted octanol–water partition coefficient (Wildman–Crippen LogP) is 4.55. The van der Waals surface area contributed by atoms with Crippen LogP contribution in [0.3, 0.4) is 0 Å². The fraction of sp³-hybridized carbons (Fsp3) is 0.182. The lowest BCUT2D eigenvalue weighted by Gasteiger charge is -2.23. The maximum absolute atomic E-state index is 11.0. The zero-order valence-electron chi connectivity index (χ0n) is 15.0. The molecule has 0 atom stereocenters. The molecule has 0 heterocycles. The monoisotopic (exact) mass is 362 g/mol. The Kier molecular flexibility index (Phi) is 6.18. The molecule has 5 nitrogen and oxygen atoms in total. The van der Waals surface area contributed by atoms with Crippen LogP contribution in [0.2, 0.25) is 0 Å². The SMILES string of the molecule is O=[N+]([O-])c1cc(CCN(Cc2ccccc2)Cc2ccccc2)ccc1O. The molecule has 0 amide bonds. The number of nitrogens with zero attached hydrogens (tertiary/aromatic N) is 2. The van der Waals surface area contributed by atoms with Crippen molar-refractivity contribution < 1.29 is 10.0 Å². The third-order valence-electron chi connectivity index (χ3n) is 4.45. The minimum absolute atomic E-state index is 0.245. The van der Waals surface area contributed by atoms with Gasteiger partial charge in [0.2, 0.25) is 0 Å². The van der Waals surface area contributed by atoms with Crippen LogP contribution in [0.4, 0.5) is 5.69 Å². The Morgan fingerprint density at radius 1 is 0.815 bits per heavy atom. The van der Waals surface area contributed by atoms with Gasteiger partial charge in [-0.25, -0.2) is 0 Å². The smallest absolute Gasteiger partial charge is 0.310 e. The number of phenols is 1. The molecular formula is C22H22N2O3. The fourth-order valence-electron chi connectivity index (χ4n) is 3.06. The van der Waals surface area contributed by atoms with E-state index in [-0.39, 0.29) is 11.4 Å². The summed E-state index contributed by atoms with van der Waals surface area (Å²) in [5.74, 6) is -0.297. The number of nitro benzene ring substituents is 1. The number of nitro groups is 1. The minimum Gasteiger partial charge on any atom is -0.502 e. The molecule has 3 rings (SSSR count). The third-order valence-corrected chi connectivity index (χ3v) is 4.45. The second-order valence-corrected chi connectivity index (χ2v) is 6.51. The van der Waals surface area contributed by atoms with E-state index in [1.165, 1.54) is 23.3 Å². The van der Waals surface area contributed by atoms with E-state index in [4.69, 9.17) is 0 Å². The number of benzene rings is 3. The van der Waals surface area contributed by atoms with E-state index < -0.39 is 4.92 Å². The Balaban J connectivity index is 1.73. The molecule has 0 spiro atoms. The highest BCUT2D eigenvalue weighted by Crippen LogP contribution is 2.26. The second kappa shape index (κ2) is 8.96. The number of aromatic hydroxyl groups is 1. The maximum Gasteiger partial charge on any atom is 0.310 e. The van der Waals surface area contributed by atoms with Crippen LogP contribution in [0.15, 0.2) is 78.9 Å². The highest BCUT2D eigenvalue weighted by molar-refractivity contribution is 5.47. The molecule has 138 valence electrons. The number of phenolic OH excluding ortho intramolecular Hbond substituents is 1. The van der Waals surface area contributed by atoms with Gasteiger partial charge in [0.25, 0.3) is 0 Å². The first kappa shape index (κ1) is 18.6. The largest absolute Gasteiger partial charge is 0.502 e. The summed E-state index contributed by atoms with van der Waals surface area (Å²) in [5, 5.41) is 20.7. The summed E-state index contributed by atoms with van der Waals surface area (Å²) in [6.45, 7) is 2.36. The Morgan fingerprint density at radius 2 is 1.37 bits per heavy atom. The van der Waals surface area contributed by atoms with E-state index in [9.17, 15) is 15.2 Å². The van der Waals surface area contributed by atoms with Gasteiger partial charge in [-0.15, -0.1) is 0 Å². The Bertz CT molecular complexity index is 841. The van der Waals surface area contributed by atoms with Crippen molar-refractivity contribution in [3.05, 3.63) is 106 Å². The van der Waals surface area contributed by atoms with Crippen molar-refractivity contribution in [3.63, 3.8) is 0 Å². The van der Waals surface area contributed by atoms with Gasteiger partial charge < -0.3 is 5.11 Å². The fourth-order valence-corrected chi connectivity index (χ4v) is 3.06. The van der Waals surface area contributed by atoms with E-state index in [0.717, 1.165) is 25.2 Å². The van der Waals surface area contributed by atoms with E-state index in [2.05, 4.69) is 29.2 Å². The average Bonchev–Trinajstić information content (AvgIpc) is 2.68. The van der Waals surface area contributed by atoms with Crippen molar-refractivity contribution in [2.24, 2.45) is 0 Å². The van der Waals surface area contributed by atoms with Crippen LogP contribution in [0.25, 0.3) is 0 Å². The minimum atomic E-state index is -0.551. The number of rotatable bonds is 8. The Labute approximate surface area is 158 Å². The molecule has 0 radical (unpaired) electrons. The van der Waals surface area contributed by atoms with Crippen LogP contribution < -0.4 is 0 Å². The van der Waals surface area contributed by atoms with Gasteiger partial charge in [-0.3, -0.25) is 15.0 Å². The topological polar surface area (TPSA) is 66.6 Å². The van der Waals surface area contributed by atoms with E-state index in [1.807, 2.05) is 36.4 Å². The summed E-state index contributed by atoms with van der Waals surface area (Å²) in [5.41, 5.74) is 3.05. The van der Waals surface area contributed by atoms with Gasteiger partial charge in [0.05, 0.1) is 4.92 Å². The van der Waals surface area contributed by atoms with Gasteiger partial charge in [-0.05, 0) is 29.2 Å². The van der Waals surface area contributed by atoms with Gasteiger partial charge in [0.1, 0.15) is 0 Å². The zero-order valence-corrected chi connectivity index (χ0v) is 15.0. The molecule has 1 N–H and O–H groups in total. The molecule has 3 aromatic carbocycles. The Hall–Kier alpha value is -3.18. The molecular weight excluding hydrogens is 340 g/mol. The molecule has 0 aliphatic rings. The Morgan fingerprint density at radius 3 is 1.89 bits per heavy atom. The van der Waals surface area contributed by atoms with Crippen LogP contribution >= 0.6 is 0 Å². The first-order valence-electron chi connectivity index (χ1n) is 8.88. The molecule has 0 aliphatic carbocycles. The van der Waals surface area contributed by atoms with Crippen molar-refractivity contribution in [3.8, 4) is 5.75 Å². The predicted molar refractivity (Wildman–Crippen MR) is 105 cm³/mol. The summed E-state index contributed by atoms with van der Waals surface area (Å²) in [4.78, 5) is 12.8. The summed E-state index contributed by atoms with van der Waals surface area (Å²) in [6, 6.07) is 25.1. The van der Waals surface area contributed by atoms with E-state index in [0.29, 0.717) is 6.42 Å². The third kappa shape index (κ3) is 5.39. The van der Waals surface area contributed by atoms with Crippen molar-refractivity contribution in [1.29, 1.82) is 0 Å². The summed E-state index contributed by atoms with van der Waals surface area (Å²) >= 11 is 0. The average molecular weight is 362 g/mol. The van der Waals surface area contributed by atoms with Crippen LogP contribution in [-0.4, -0.2) is 21.5 Å². The highest BCUT2D eigenvalue weighted by Gasteiger charge is 2.14. The highest BCUT2D eigenvalue weighted by atomic mass is 16.6. The summed E-state index contributed by atoms with van der Waals surface area (Å²) < 4.78 is 0. The lowest BCUT2D eigenvalue weighted by molar-refractivity contribution is -0.385. The maximum atomic E-state index is 11.0. The van der Waals surface area contributed by atoms with Crippen molar-refractivity contribution in [2.75, 3.05) is 6.54 Å². The first-order chi connectivity index (χ1) is 13.1. The first-order valence-corrected chi connectivity index (χ1v) is 8.88. The van der Waals surface area contributed by atoms with E-state index >= 15 is 0 Å². The normalized spacial score (nSPS) is 10.9. The molecule has 0 aliphatic heterocycles. The van der Waals surface area contributed by atoms with Crippen LogP contribution in [0.5, 0.6) is 5.75 Å². The van der Waals surface area contributed by atoms with Gasteiger partial charge in [-0.2, -0.15) is 0 Å². The van der Waals surface area contributed by atoms with Crippen LogP contribution in [-0.2, 0) is 19.5 Å².